The minimum atomic E-state index is -3.55. The van der Waals surface area contributed by atoms with Crippen molar-refractivity contribution in [2.45, 2.75) is 50.0 Å². The van der Waals surface area contributed by atoms with Gasteiger partial charge in [-0.2, -0.15) is 17.9 Å². The zero-order valence-corrected chi connectivity index (χ0v) is 19.4. The quantitative estimate of drug-likeness (QED) is 0.393. The molecule has 2 aromatic carbocycles. The Bertz CT molecular complexity index is 1010. The summed E-state index contributed by atoms with van der Waals surface area (Å²) in [5.74, 6) is 0.658. The largest absolute Gasteiger partial charge is 0.496 e. The summed E-state index contributed by atoms with van der Waals surface area (Å²) in [6.07, 6.45) is 5.68. The molecule has 0 bridgehead atoms. The van der Waals surface area contributed by atoms with E-state index in [0.717, 1.165) is 12.8 Å². The number of rotatable bonds is 11. The monoisotopic (exact) mass is 456 g/mol. The standard InChI is InChI=1S/C25H32N2O4S/c1-3-19-26-32(29,30)27-21-13-16-25(17-14-21,20-9-5-4-6-10-20)18-15-23(28)22-11-7-8-12-24(22)31-2/h3-12,21,26-27H,1,13-19H2,2H3. The lowest BCUT2D eigenvalue weighted by Gasteiger charge is -2.41. The van der Waals surface area contributed by atoms with E-state index in [1.807, 2.05) is 30.3 Å². The van der Waals surface area contributed by atoms with Crippen LogP contribution in [-0.2, 0) is 15.6 Å². The number of hydrogen-bond donors (Lipinski definition) is 2. The molecule has 0 radical (unpaired) electrons. The van der Waals surface area contributed by atoms with E-state index in [1.54, 1.807) is 19.2 Å². The number of ether oxygens (including phenoxy) is 1. The Balaban J connectivity index is 1.72. The zero-order valence-electron chi connectivity index (χ0n) is 18.5. The molecule has 6 nitrogen and oxygen atoms in total. The molecule has 1 aliphatic carbocycles. The van der Waals surface area contributed by atoms with Crippen molar-refractivity contribution in [3.05, 3.63) is 78.4 Å². The van der Waals surface area contributed by atoms with Crippen molar-refractivity contribution < 1.29 is 17.9 Å². The highest BCUT2D eigenvalue weighted by Gasteiger charge is 2.38. The molecule has 0 heterocycles. The van der Waals surface area contributed by atoms with Gasteiger partial charge in [-0.05, 0) is 55.2 Å². The van der Waals surface area contributed by atoms with Crippen molar-refractivity contribution in [2.24, 2.45) is 0 Å². The number of carbonyl (C=O) groups is 1. The fourth-order valence-electron chi connectivity index (χ4n) is 4.56. The summed E-state index contributed by atoms with van der Waals surface area (Å²) >= 11 is 0. The Hall–Kier alpha value is -2.48. The van der Waals surface area contributed by atoms with Gasteiger partial charge in [0, 0.05) is 19.0 Å². The highest BCUT2D eigenvalue weighted by Crippen LogP contribution is 2.43. The van der Waals surface area contributed by atoms with Crippen molar-refractivity contribution in [1.29, 1.82) is 0 Å². The molecule has 1 fully saturated rings. The van der Waals surface area contributed by atoms with Crippen LogP contribution in [0, 0.1) is 0 Å². The molecular formula is C25H32N2O4S. The molecule has 0 saturated heterocycles. The summed E-state index contributed by atoms with van der Waals surface area (Å²) in [4.78, 5) is 13.0. The predicted molar refractivity (Wildman–Crippen MR) is 127 cm³/mol. The normalized spacial score (nSPS) is 21.1. The Morgan fingerprint density at radius 1 is 1.12 bits per heavy atom. The van der Waals surface area contributed by atoms with Gasteiger partial charge in [0.1, 0.15) is 5.75 Å². The van der Waals surface area contributed by atoms with Gasteiger partial charge in [-0.25, -0.2) is 0 Å². The number of ketones is 1. The van der Waals surface area contributed by atoms with E-state index in [0.29, 0.717) is 37.0 Å². The van der Waals surface area contributed by atoms with E-state index >= 15 is 0 Å². The van der Waals surface area contributed by atoms with Crippen LogP contribution in [0.4, 0.5) is 0 Å². The van der Waals surface area contributed by atoms with Crippen LogP contribution in [0.25, 0.3) is 0 Å². The molecule has 7 heteroatoms. The number of hydrogen-bond acceptors (Lipinski definition) is 4. The highest BCUT2D eigenvalue weighted by molar-refractivity contribution is 7.87. The molecule has 0 atom stereocenters. The molecule has 0 spiro atoms. The maximum atomic E-state index is 13.0. The number of para-hydroxylation sites is 1. The number of benzene rings is 2. The van der Waals surface area contributed by atoms with Crippen LogP contribution in [0.1, 0.15) is 54.4 Å². The van der Waals surface area contributed by atoms with Crippen molar-refractivity contribution >= 4 is 16.0 Å². The molecule has 1 aliphatic rings. The molecule has 0 amide bonds. The summed E-state index contributed by atoms with van der Waals surface area (Å²) in [5.41, 5.74) is 1.65. The van der Waals surface area contributed by atoms with E-state index in [1.165, 1.54) is 11.6 Å². The number of methoxy groups -OCH3 is 1. The third kappa shape index (κ3) is 6.06. The molecule has 3 rings (SSSR count). The van der Waals surface area contributed by atoms with Gasteiger partial charge >= 0.3 is 0 Å². The predicted octanol–water partition coefficient (Wildman–Crippen LogP) is 4.15. The first-order chi connectivity index (χ1) is 15.4. The number of Topliss-reactive ketones (excluding diaryl/α,β-unsaturated/α-hetero) is 1. The maximum absolute atomic E-state index is 13.0. The summed E-state index contributed by atoms with van der Waals surface area (Å²) < 4.78 is 35.0. The van der Waals surface area contributed by atoms with Gasteiger partial charge in [0.15, 0.2) is 5.78 Å². The fraction of sp³-hybridized carbons (Fsp3) is 0.400. The molecule has 172 valence electrons. The maximum Gasteiger partial charge on any atom is 0.277 e. The Kier molecular flexibility index (Phi) is 8.23. The van der Waals surface area contributed by atoms with E-state index in [-0.39, 0.29) is 23.8 Å². The van der Waals surface area contributed by atoms with Gasteiger partial charge < -0.3 is 4.74 Å². The van der Waals surface area contributed by atoms with Gasteiger partial charge in [-0.15, -0.1) is 6.58 Å². The van der Waals surface area contributed by atoms with Gasteiger partial charge in [0.05, 0.1) is 12.7 Å². The van der Waals surface area contributed by atoms with Gasteiger partial charge in [0.25, 0.3) is 10.2 Å². The zero-order chi connectivity index (χ0) is 23.0. The summed E-state index contributed by atoms with van der Waals surface area (Å²) in [5, 5.41) is 0. The fourth-order valence-corrected chi connectivity index (χ4v) is 5.65. The molecular weight excluding hydrogens is 424 g/mol. The Morgan fingerprint density at radius 3 is 2.44 bits per heavy atom. The van der Waals surface area contributed by atoms with E-state index in [4.69, 9.17) is 4.74 Å². The van der Waals surface area contributed by atoms with Gasteiger partial charge in [0.2, 0.25) is 0 Å². The third-order valence-electron chi connectivity index (χ3n) is 6.31. The van der Waals surface area contributed by atoms with Crippen LogP contribution in [0.3, 0.4) is 0 Å². The first-order valence-corrected chi connectivity index (χ1v) is 12.5. The van der Waals surface area contributed by atoms with Crippen LogP contribution in [0.15, 0.2) is 67.3 Å². The highest BCUT2D eigenvalue weighted by atomic mass is 32.2. The second-order valence-electron chi connectivity index (χ2n) is 8.30. The van der Waals surface area contributed by atoms with Crippen molar-refractivity contribution in [1.82, 2.24) is 9.44 Å². The SMILES string of the molecule is C=CCNS(=O)(=O)NC1CCC(CCC(=O)c2ccccc2OC)(c2ccccc2)CC1. The lowest BCUT2D eigenvalue weighted by atomic mass is 9.65. The van der Waals surface area contributed by atoms with Crippen LogP contribution in [-0.4, -0.2) is 33.9 Å². The summed E-state index contributed by atoms with van der Waals surface area (Å²) in [6, 6.07) is 17.4. The molecule has 1 saturated carbocycles. The van der Waals surface area contributed by atoms with Gasteiger partial charge in [-0.3, -0.25) is 4.79 Å². The van der Waals surface area contributed by atoms with E-state index in [2.05, 4.69) is 28.2 Å². The second-order valence-corrected chi connectivity index (χ2v) is 9.83. The molecule has 0 aliphatic heterocycles. The first-order valence-electron chi connectivity index (χ1n) is 11.0. The molecule has 2 N–H and O–H groups in total. The lowest BCUT2D eigenvalue weighted by Crippen LogP contribution is -2.46. The number of carbonyl (C=O) groups excluding carboxylic acids is 1. The second kappa shape index (κ2) is 10.9. The van der Waals surface area contributed by atoms with Crippen LogP contribution in [0.5, 0.6) is 5.75 Å². The summed E-state index contributed by atoms with van der Waals surface area (Å²) in [7, 11) is -1.98. The topological polar surface area (TPSA) is 84.5 Å². The Morgan fingerprint density at radius 2 is 1.78 bits per heavy atom. The van der Waals surface area contributed by atoms with Crippen LogP contribution < -0.4 is 14.2 Å². The lowest BCUT2D eigenvalue weighted by molar-refractivity contribution is 0.0958. The number of nitrogens with one attached hydrogen (secondary N) is 2. The molecule has 0 unspecified atom stereocenters. The van der Waals surface area contributed by atoms with Crippen LogP contribution in [0.2, 0.25) is 0 Å². The molecule has 2 aromatic rings. The van der Waals surface area contributed by atoms with E-state index in [9.17, 15) is 13.2 Å². The minimum Gasteiger partial charge on any atom is -0.496 e. The minimum absolute atomic E-state index is 0.0641. The van der Waals surface area contributed by atoms with Crippen molar-refractivity contribution in [2.75, 3.05) is 13.7 Å². The third-order valence-corrected chi connectivity index (χ3v) is 7.50. The van der Waals surface area contributed by atoms with Crippen molar-refractivity contribution in [3.63, 3.8) is 0 Å². The average Bonchev–Trinajstić information content (AvgIpc) is 2.82. The average molecular weight is 457 g/mol. The summed E-state index contributed by atoms with van der Waals surface area (Å²) in [6.45, 7) is 3.74. The van der Waals surface area contributed by atoms with Crippen molar-refractivity contribution in [3.8, 4) is 5.75 Å². The molecule has 0 aromatic heterocycles. The van der Waals surface area contributed by atoms with Crippen LogP contribution >= 0.6 is 0 Å². The first kappa shape index (κ1) is 24.2. The Labute approximate surface area is 191 Å². The van der Waals surface area contributed by atoms with E-state index < -0.39 is 10.2 Å². The smallest absolute Gasteiger partial charge is 0.277 e. The van der Waals surface area contributed by atoms with Gasteiger partial charge in [-0.1, -0.05) is 48.5 Å². The molecule has 32 heavy (non-hydrogen) atoms.